The molecule has 2 aliphatic carbocycles. The molecule has 0 spiro atoms. The van der Waals surface area contributed by atoms with E-state index in [0.717, 1.165) is 12.3 Å². The van der Waals surface area contributed by atoms with Gasteiger partial charge in [0.15, 0.2) is 0 Å². The van der Waals surface area contributed by atoms with Crippen molar-refractivity contribution in [1.29, 1.82) is 0 Å². The zero-order valence-corrected chi connectivity index (χ0v) is 7.89. The van der Waals surface area contributed by atoms with E-state index in [1.54, 1.807) is 0 Å². The molecule has 2 nitrogen and oxygen atoms in total. The molecule has 1 amide bonds. The van der Waals surface area contributed by atoms with Crippen LogP contribution in [0.25, 0.3) is 0 Å². The molecule has 2 rings (SSSR count). The molecule has 0 aromatic carbocycles. The molecule has 12 heavy (non-hydrogen) atoms. The van der Waals surface area contributed by atoms with Gasteiger partial charge in [0.25, 0.3) is 0 Å². The molecule has 0 aliphatic heterocycles. The van der Waals surface area contributed by atoms with Gasteiger partial charge in [-0.05, 0) is 37.0 Å². The zero-order valence-electron chi connectivity index (χ0n) is 7.89. The number of fused-ring (bicyclic) bond motifs is 2. The first-order valence-corrected chi connectivity index (χ1v) is 4.84. The van der Waals surface area contributed by atoms with Crippen molar-refractivity contribution < 1.29 is 4.79 Å². The minimum Gasteiger partial charge on any atom is -0.353 e. The van der Waals surface area contributed by atoms with Crippen LogP contribution >= 0.6 is 0 Å². The highest BCUT2D eigenvalue weighted by Crippen LogP contribution is 2.59. The lowest BCUT2D eigenvalue weighted by atomic mass is 9.76. The smallest absolute Gasteiger partial charge is 0.207 e. The van der Waals surface area contributed by atoms with Gasteiger partial charge in [-0.3, -0.25) is 4.79 Å². The Bertz CT molecular complexity index is 202. The number of carbonyl (C=O) groups is 1. The van der Waals surface area contributed by atoms with Crippen molar-refractivity contribution in [3.8, 4) is 0 Å². The summed E-state index contributed by atoms with van der Waals surface area (Å²) in [6.07, 6.45) is 5.85. The molecule has 0 saturated heterocycles. The molecule has 2 saturated carbocycles. The van der Waals surface area contributed by atoms with Crippen molar-refractivity contribution in [3.05, 3.63) is 0 Å². The molecule has 0 radical (unpaired) electrons. The third-order valence-electron chi connectivity index (χ3n) is 4.43. The van der Waals surface area contributed by atoms with Crippen molar-refractivity contribution in [2.45, 2.75) is 45.1 Å². The molecule has 2 aliphatic rings. The van der Waals surface area contributed by atoms with Gasteiger partial charge in [-0.1, -0.05) is 13.8 Å². The number of carbonyl (C=O) groups excluding carboxylic acids is 1. The topological polar surface area (TPSA) is 29.1 Å². The average Bonchev–Trinajstić information content (AvgIpc) is 2.39. The second-order valence-corrected chi connectivity index (χ2v) is 4.84. The maximum Gasteiger partial charge on any atom is 0.207 e. The van der Waals surface area contributed by atoms with Gasteiger partial charge < -0.3 is 5.32 Å². The molecular formula is C10H17NO. The highest BCUT2D eigenvalue weighted by Gasteiger charge is 2.58. The molecular weight excluding hydrogens is 150 g/mol. The predicted molar refractivity (Wildman–Crippen MR) is 47.7 cm³/mol. The predicted octanol–water partition coefficient (Wildman–Crippen LogP) is 1.70. The summed E-state index contributed by atoms with van der Waals surface area (Å²) in [6.45, 7) is 4.60. The monoisotopic (exact) mass is 167 g/mol. The van der Waals surface area contributed by atoms with Gasteiger partial charge >= 0.3 is 0 Å². The molecule has 0 aromatic heterocycles. The Balaban J connectivity index is 2.29. The van der Waals surface area contributed by atoms with Crippen molar-refractivity contribution in [2.75, 3.05) is 0 Å². The maximum absolute atomic E-state index is 10.5. The van der Waals surface area contributed by atoms with E-state index in [1.807, 2.05) is 0 Å². The van der Waals surface area contributed by atoms with Crippen LogP contribution in [0.4, 0.5) is 0 Å². The summed E-state index contributed by atoms with van der Waals surface area (Å²) in [5.41, 5.74) is 0.466. The second kappa shape index (κ2) is 2.24. The lowest BCUT2D eigenvalue weighted by molar-refractivity contribution is -0.112. The van der Waals surface area contributed by atoms with Crippen LogP contribution in [0.3, 0.4) is 0 Å². The van der Waals surface area contributed by atoms with E-state index in [1.165, 1.54) is 25.7 Å². The van der Waals surface area contributed by atoms with Crippen LogP contribution in [0.2, 0.25) is 0 Å². The van der Waals surface area contributed by atoms with Crippen LogP contribution in [0.5, 0.6) is 0 Å². The van der Waals surface area contributed by atoms with Crippen LogP contribution in [0, 0.1) is 11.3 Å². The molecule has 0 unspecified atom stereocenters. The number of nitrogens with one attached hydrogen (secondary N) is 1. The Morgan fingerprint density at radius 2 is 1.92 bits per heavy atom. The summed E-state index contributed by atoms with van der Waals surface area (Å²) < 4.78 is 0. The first-order valence-electron chi connectivity index (χ1n) is 4.84. The maximum atomic E-state index is 10.5. The quantitative estimate of drug-likeness (QED) is 0.623. The Morgan fingerprint density at radius 1 is 1.33 bits per heavy atom. The molecule has 0 aromatic rings. The Morgan fingerprint density at radius 3 is 2.25 bits per heavy atom. The van der Waals surface area contributed by atoms with Crippen molar-refractivity contribution in [3.63, 3.8) is 0 Å². The summed E-state index contributed by atoms with van der Waals surface area (Å²) in [7, 11) is 0. The van der Waals surface area contributed by atoms with Crippen molar-refractivity contribution in [1.82, 2.24) is 5.32 Å². The lowest BCUT2D eigenvalue weighted by Gasteiger charge is -2.37. The number of rotatable bonds is 2. The summed E-state index contributed by atoms with van der Waals surface area (Å²) in [4.78, 5) is 10.5. The number of hydrogen-bond acceptors (Lipinski definition) is 1. The van der Waals surface area contributed by atoms with E-state index in [4.69, 9.17) is 0 Å². The SMILES string of the molecule is CC1(C)C2CCC1(NC=O)CC2. The summed E-state index contributed by atoms with van der Waals surface area (Å²) in [6, 6.07) is 0. The minimum absolute atomic E-state index is 0.138. The standard InChI is InChI=1S/C10H17NO/c1-9(2)8-3-5-10(9,6-4-8)11-7-12/h7-8H,3-6H2,1-2H3,(H,11,12). The molecule has 68 valence electrons. The van der Waals surface area contributed by atoms with Crippen LogP contribution in [0.15, 0.2) is 0 Å². The molecule has 2 bridgehead atoms. The second-order valence-electron chi connectivity index (χ2n) is 4.84. The van der Waals surface area contributed by atoms with Crippen molar-refractivity contribution in [2.24, 2.45) is 11.3 Å². The van der Waals surface area contributed by atoms with E-state index in [0.29, 0.717) is 5.41 Å². The highest BCUT2D eigenvalue weighted by molar-refractivity contribution is 5.49. The van der Waals surface area contributed by atoms with Gasteiger partial charge in [-0.2, -0.15) is 0 Å². The van der Waals surface area contributed by atoms with E-state index in [9.17, 15) is 4.79 Å². The highest BCUT2D eigenvalue weighted by atomic mass is 16.1. The van der Waals surface area contributed by atoms with Gasteiger partial charge in [0, 0.05) is 5.54 Å². The molecule has 0 atom stereocenters. The fraction of sp³-hybridized carbons (Fsp3) is 0.900. The van der Waals surface area contributed by atoms with Crippen LogP contribution in [-0.4, -0.2) is 11.9 Å². The van der Waals surface area contributed by atoms with Gasteiger partial charge in [-0.25, -0.2) is 0 Å². The Kier molecular flexibility index (Phi) is 1.51. The summed E-state index contributed by atoms with van der Waals surface area (Å²) in [5, 5.41) is 3.06. The minimum atomic E-state index is 0.138. The van der Waals surface area contributed by atoms with Gasteiger partial charge in [0.05, 0.1) is 0 Å². The first-order chi connectivity index (χ1) is 5.62. The number of hydrogen-bond donors (Lipinski definition) is 1. The zero-order chi connectivity index (χ0) is 8.82. The lowest BCUT2D eigenvalue weighted by Crippen LogP contribution is -2.50. The van der Waals surface area contributed by atoms with E-state index in [-0.39, 0.29) is 5.54 Å². The Hall–Kier alpha value is -0.530. The first kappa shape index (κ1) is 8.09. The summed E-state index contributed by atoms with van der Waals surface area (Å²) >= 11 is 0. The molecule has 2 fully saturated rings. The van der Waals surface area contributed by atoms with E-state index in [2.05, 4.69) is 19.2 Å². The average molecular weight is 167 g/mol. The van der Waals surface area contributed by atoms with Crippen LogP contribution in [-0.2, 0) is 4.79 Å². The van der Waals surface area contributed by atoms with E-state index >= 15 is 0 Å². The van der Waals surface area contributed by atoms with Gasteiger partial charge in [0.2, 0.25) is 6.41 Å². The largest absolute Gasteiger partial charge is 0.353 e. The third kappa shape index (κ3) is 0.732. The summed E-state index contributed by atoms with van der Waals surface area (Å²) in [5.74, 6) is 0.838. The van der Waals surface area contributed by atoms with Crippen LogP contribution in [0.1, 0.15) is 39.5 Å². The third-order valence-corrected chi connectivity index (χ3v) is 4.43. The Labute approximate surface area is 73.7 Å². The van der Waals surface area contributed by atoms with Crippen LogP contribution < -0.4 is 5.32 Å². The molecule has 0 heterocycles. The fourth-order valence-electron chi connectivity index (χ4n) is 3.31. The van der Waals surface area contributed by atoms with Gasteiger partial charge in [0.1, 0.15) is 0 Å². The van der Waals surface area contributed by atoms with Gasteiger partial charge in [-0.15, -0.1) is 0 Å². The van der Waals surface area contributed by atoms with Crippen molar-refractivity contribution >= 4 is 6.41 Å². The normalized spacial score (nSPS) is 43.0. The molecule has 1 N–H and O–H groups in total. The fourth-order valence-corrected chi connectivity index (χ4v) is 3.31. The van der Waals surface area contributed by atoms with E-state index < -0.39 is 0 Å². The molecule has 2 heteroatoms. The number of amides is 1.